The minimum absolute atomic E-state index is 0.0929. The van der Waals surface area contributed by atoms with Gasteiger partial charge < -0.3 is 15.9 Å². The van der Waals surface area contributed by atoms with Gasteiger partial charge in [0.05, 0.1) is 5.92 Å². The summed E-state index contributed by atoms with van der Waals surface area (Å²) in [6.45, 7) is 1.90. The molecule has 0 saturated carbocycles. The summed E-state index contributed by atoms with van der Waals surface area (Å²) in [6.07, 6.45) is 7.62. The first-order chi connectivity index (χ1) is 14.8. The molecule has 1 aromatic carbocycles. The molecule has 0 bridgehead atoms. The molecular formula is C25H25NO5. The summed E-state index contributed by atoms with van der Waals surface area (Å²) >= 11 is 0. The van der Waals surface area contributed by atoms with E-state index in [9.17, 15) is 24.6 Å². The Hall–Kier alpha value is -3.15. The van der Waals surface area contributed by atoms with Crippen LogP contribution in [0.15, 0.2) is 46.9 Å². The van der Waals surface area contributed by atoms with Crippen molar-refractivity contribution in [3.8, 4) is 0 Å². The number of allylic oxidation sites excluding steroid dienone is 5. The number of benzene rings is 1. The van der Waals surface area contributed by atoms with Gasteiger partial charge in [0.2, 0.25) is 0 Å². The van der Waals surface area contributed by atoms with Gasteiger partial charge in [0.25, 0.3) is 5.91 Å². The van der Waals surface area contributed by atoms with Crippen LogP contribution in [0.2, 0.25) is 0 Å². The number of hydrogen-bond donors (Lipinski definition) is 3. The Kier molecular flexibility index (Phi) is 4.43. The van der Waals surface area contributed by atoms with Gasteiger partial charge in [0.1, 0.15) is 17.1 Å². The molecule has 0 aliphatic heterocycles. The lowest BCUT2D eigenvalue weighted by Gasteiger charge is -2.41. The highest BCUT2D eigenvalue weighted by atomic mass is 16.3. The first kappa shape index (κ1) is 19.8. The minimum atomic E-state index is -1.01. The number of aliphatic hydroxyl groups is 2. The third kappa shape index (κ3) is 2.81. The number of amides is 1. The van der Waals surface area contributed by atoms with Gasteiger partial charge in [-0.1, -0.05) is 24.3 Å². The molecule has 4 N–H and O–H groups in total. The predicted molar refractivity (Wildman–Crippen MR) is 114 cm³/mol. The van der Waals surface area contributed by atoms with E-state index in [1.807, 2.05) is 13.0 Å². The molecule has 1 aromatic rings. The highest BCUT2D eigenvalue weighted by Gasteiger charge is 2.50. The number of ketones is 2. The minimum Gasteiger partial charge on any atom is -0.511 e. The molecule has 4 unspecified atom stereocenters. The van der Waals surface area contributed by atoms with Gasteiger partial charge in [-0.2, -0.15) is 0 Å². The van der Waals surface area contributed by atoms with Gasteiger partial charge in [-0.15, -0.1) is 0 Å². The first-order valence-corrected chi connectivity index (χ1v) is 10.8. The van der Waals surface area contributed by atoms with E-state index in [4.69, 9.17) is 5.73 Å². The Bertz CT molecular complexity index is 1140. The lowest BCUT2D eigenvalue weighted by molar-refractivity contribution is -0.126. The third-order valence-electron chi connectivity index (χ3n) is 7.45. The average Bonchev–Trinajstić information content (AvgIpc) is 3.21. The second kappa shape index (κ2) is 6.94. The van der Waals surface area contributed by atoms with Crippen LogP contribution in [-0.2, 0) is 16.0 Å². The molecule has 4 atom stereocenters. The molecule has 0 spiro atoms. The summed E-state index contributed by atoms with van der Waals surface area (Å²) in [4.78, 5) is 38.2. The van der Waals surface area contributed by atoms with Crippen molar-refractivity contribution in [1.29, 1.82) is 0 Å². The quantitative estimate of drug-likeness (QED) is 0.501. The van der Waals surface area contributed by atoms with Crippen molar-refractivity contribution in [1.82, 2.24) is 0 Å². The number of carbonyl (C=O) groups is 3. The maximum atomic E-state index is 13.6. The van der Waals surface area contributed by atoms with Crippen molar-refractivity contribution in [3.63, 3.8) is 0 Å². The Balaban J connectivity index is 1.63. The number of aliphatic hydroxyl groups excluding tert-OH is 2. The summed E-state index contributed by atoms with van der Waals surface area (Å²) in [7, 11) is 0. The second-order valence-corrected chi connectivity index (χ2v) is 9.19. The van der Waals surface area contributed by atoms with Crippen LogP contribution in [-0.4, -0.2) is 27.7 Å². The number of primary amides is 1. The monoisotopic (exact) mass is 419 g/mol. The van der Waals surface area contributed by atoms with E-state index in [-0.39, 0.29) is 41.1 Å². The smallest absolute Gasteiger partial charge is 0.255 e. The van der Waals surface area contributed by atoms with E-state index in [0.29, 0.717) is 24.3 Å². The molecule has 4 aliphatic rings. The average molecular weight is 419 g/mol. The first-order valence-electron chi connectivity index (χ1n) is 10.8. The van der Waals surface area contributed by atoms with Gasteiger partial charge >= 0.3 is 0 Å². The predicted octanol–water partition coefficient (Wildman–Crippen LogP) is 3.50. The van der Waals surface area contributed by atoms with Crippen LogP contribution in [0, 0.1) is 24.7 Å². The number of nitrogens with two attached hydrogens (primary N) is 1. The van der Waals surface area contributed by atoms with E-state index < -0.39 is 23.2 Å². The molecule has 4 aliphatic carbocycles. The van der Waals surface area contributed by atoms with Gasteiger partial charge in [-0.05, 0) is 61.1 Å². The zero-order valence-electron chi connectivity index (χ0n) is 17.4. The summed E-state index contributed by atoms with van der Waals surface area (Å²) in [5.74, 6) is -3.78. The molecule has 0 heterocycles. The lowest BCUT2D eigenvalue weighted by Crippen LogP contribution is -2.43. The largest absolute Gasteiger partial charge is 0.511 e. The van der Waals surface area contributed by atoms with Gasteiger partial charge in [-0.25, -0.2) is 0 Å². The van der Waals surface area contributed by atoms with Crippen LogP contribution in [0.4, 0.5) is 0 Å². The van der Waals surface area contributed by atoms with Gasteiger partial charge in [0.15, 0.2) is 11.6 Å². The number of fused-ring (bicyclic) bond motifs is 3. The Morgan fingerprint density at radius 3 is 2.61 bits per heavy atom. The third-order valence-corrected chi connectivity index (χ3v) is 7.45. The number of carbonyl (C=O) groups excluding carboxylic acids is 3. The Labute approximate surface area is 180 Å². The van der Waals surface area contributed by atoms with Crippen LogP contribution in [0.25, 0.3) is 0 Å². The molecule has 6 heteroatoms. The van der Waals surface area contributed by atoms with E-state index in [0.717, 1.165) is 24.0 Å². The molecule has 1 amide bonds. The van der Waals surface area contributed by atoms with Crippen molar-refractivity contribution >= 4 is 17.5 Å². The maximum Gasteiger partial charge on any atom is 0.255 e. The van der Waals surface area contributed by atoms with Crippen molar-refractivity contribution in [3.05, 3.63) is 69.2 Å². The van der Waals surface area contributed by atoms with Crippen LogP contribution >= 0.6 is 0 Å². The molecule has 0 radical (unpaired) electrons. The number of hydrogen-bond acceptors (Lipinski definition) is 5. The van der Waals surface area contributed by atoms with Crippen molar-refractivity contribution in [2.45, 2.75) is 44.9 Å². The normalized spacial score (nSPS) is 29.7. The zero-order valence-corrected chi connectivity index (χ0v) is 17.4. The van der Waals surface area contributed by atoms with Crippen LogP contribution in [0.5, 0.6) is 0 Å². The number of aryl methyl sites for hydroxylation is 1. The van der Waals surface area contributed by atoms with Crippen molar-refractivity contribution in [2.75, 3.05) is 0 Å². The Morgan fingerprint density at radius 2 is 1.94 bits per heavy atom. The lowest BCUT2D eigenvalue weighted by atomic mass is 9.61. The fraction of sp³-hybridized carbons (Fsp3) is 0.400. The van der Waals surface area contributed by atoms with E-state index >= 15 is 0 Å². The standard InChI is InChI=1S/C25H25NO5/c1-11-6-7-15(12-4-2-3-5-12)16-9-13-8-14-10-17(27)21(25(26)31)24(30)20(14)23(29)19(13)22(28)18(11)16/h2,4,6-7,12-14,20,27,29H,3,5,8-10H2,1H3,(H2,26,31). The Morgan fingerprint density at radius 1 is 1.16 bits per heavy atom. The molecular weight excluding hydrogens is 394 g/mol. The molecule has 31 heavy (non-hydrogen) atoms. The van der Waals surface area contributed by atoms with Crippen molar-refractivity contribution in [2.24, 2.45) is 23.5 Å². The fourth-order valence-corrected chi connectivity index (χ4v) is 6.09. The molecule has 0 aromatic heterocycles. The molecule has 6 nitrogen and oxygen atoms in total. The summed E-state index contributed by atoms with van der Waals surface area (Å²) < 4.78 is 0. The van der Waals surface area contributed by atoms with Crippen LogP contribution < -0.4 is 5.73 Å². The highest BCUT2D eigenvalue weighted by Crippen LogP contribution is 2.50. The SMILES string of the molecule is Cc1ccc(C2C=CCC2)c2c1C(=O)C1=C(O)C3C(=O)C(C(N)=O)=C(O)CC3CC1C2. The van der Waals surface area contributed by atoms with E-state index in [2.05, 4.69) is 18.2 Å². The maximum absolute atomic E-state index is 13.6. The van der Waals surface area contributed by atoms with Crippen LogP contribution in [0.3, 0.4) is 0 Å². The van der Waals surface area contributed by atoms with E-state index in [1.54, 1.807) is 0 Å². The fourth-order valence-electron chi connectivity index (χ4n) is 6.09. The molecule has 0 fully saturated rings. The van der Waals surface area contributed by atoms with Gasteiger partial charge in [-0.3, -0.25) is 14.4 Å². The number of rotatable bonds is 2. The van der Waals surface area contributed by atoms with Crippen LogP contribution in [0.1, 0.15) is 58.6 Å². The van der Waals surface area contributed by atoms with Crippen molar-refractivity contribution < 1.29 is 24.6 Å². The molecule has 0 saturated heterocycles. The zero-order chi connectivity index (χ0) is 22.0. The summed E-state index contributed by atoms with van der Waals surface area (Å²) in [6, 6.07) is 4.07. The number of Topliss-reactive ketones (excluding diaryl/α,β-unsaturated/α-hetero) is 2. The molecule has 5 rings (SSSR count). The highest BCUT2D eigenvalue weighted by molar-refractivity contribution is 6.22. The van der Waals surface area contributed by atoms with E-state index in [1.165, 1.54) is 5.56 Å². The molecule has 160 valence electrons. The summed E-state index contributed by atoms with van der Waals surface area (Å²) in [5, 5.41) is 21.3. The second-order valence-electron chi connectivity index (χ2n) is 9.19. The topological polar surface area (TPSA) is 118 Å². The van der Waals surface area contributed by atoms with Gasteiger partial charge in [0, 0.05) is 23.5 Å². The summed E-state index contributed by atoms with van der Waals surface area (Å²) in [5.41, 5.74) is 8.82.